The van der Waals surface area contributed by atoms with Gasteiger partial charge in [-0.2, -0.15) is 4.57 Å². The predicted molar refractivity (Wildman–Crippen MR) is 190 cm³/mol. The Morgan fingerprint density at radius 3 is 1.83 bits per heavy atom. The molecule has 1 spiro atoms. The van der Waals surface area contributed by atoms with Crippen LogP contribution in [0, 0.1) is 0 Å². The van der Waals surface area contributed by atoms with Gasteiger partial charge in [0.2, 0.25) is 5.69 Å². The van der Waals surface area contributed by atoms with Gasteiger partial charge in [0.1, 0.15) is 16.6 Å². The molecular weight excluding hydrogens is 589 g/mol. The molecule has 1 unspecified atom stereocenters. The highest BCUT2D eigenvalue weighted by Crippen LogP contribution is 2.58. The molecule has 4 aliphatic rings. The van der Waals surface area contributed by atoms with Gasteiger partial charge in [0, 0.05) is 33.7 Å². The van der Waals surface area contributed by atoms with Crippen molar-refractivity contribution in [2.45, 2.75) is 58.0 Å². The third kappa shape index (κ3) is 2.53. The number of nitrogens with zero attached hydrogens (tertiary/aromatic N) is 4. The minimum atomic E-state index is -0.668. The Labute approximate surface area is 277 Å². The highest BCUT2D eigenvalue weighted by molar-refractivity contribution is 6.16. The number of pyridine rings is 2. The fraction of sp³-hybridized carbons (Fsp3) is 0.209. The molecule has 48 heavy (non-hydrogen) atoms. The number of rotatable bonds is 0. The molecule has 0 radical (unpaired) electrons. The highest BCUT2D eigenvalue weighted by atomic mass is 16.5. The van der Waals surface area contributed by atoms with E-state index in [0.717, 1.165) is 11.6 Å². The molecule has 1 atom stereocenters. The Balaban J connectivity index is 1.44. The van der Waals surface area contributed by atoms with Gasteiger partial charge in [-0.3, -0.25) is 0 Å². The van der Waals surface area contributed by atoms with Gasteiger partial charge in [-0.15, -0.1) is 9.13 Å². The van der Waals surface area contributed by atoms with Crippen LogP contribution in [0.1, 0.15) is 63.8 Å². The molecular formula is C43H34N4O+2. The molecule has 0 bridgehead atoms. The van der Waals surface area contributed by atoms with Gasteiger partial charge in [0.25, 0.3) is 11.5 Å². The molecule has 0 fully saturated rings. The number of benzene rings is 4. The van der Waals surface area contributed by atoms with Crippen molar-refractivity contribution in [2.24, 2.45) is 0 Å². The quantitative estimate of drug-likeness (QED) is 0.155. The lowest BCUT2D eigenvalue weighted by molar-refractivity contribution is -0.938. The number of para-hydroxylation sites is 2. The average Bonchev–Trinajstić information content (AvgIpc) is 3.69. The van der Waals surface area contributed by atoms with Gasteiger partial charge in [0.05, 0.1) is 22.8 Å². The minimum absolute atomic E-state index is 0.0534. The second kappa shape index (κ2) is 7.50. The van der Waals surface area contributed by atoms with Crippen molar-refractivity contribution in [1.29, 1.82) is 0 Å². The van der Waals surface area contributed by atoms with Gasteiger partial charge >= 0.3 is 11.5 Å². The lowest BCUT2D eigenvalue weighted by Gasteiger charge is -2.37. The first kappa shape index (κ1) is 25.6. The van der Waals surface area contributed by atoms with Gasteiger partial charge in [-0.1, -0.05) is 71.9 Å². The zero-order valence-electron chi connectivity index (χ0n) is 27.9. The summed E-state index contributed by atoms with van der Waals surface area (Å²) in [5.41, 5.74) is 13.0. The summed E-state index contributed by atoms with van der Waals surface area (Å²) in [6, 6.07) is 36.8. The highest BCUT2D eigenvalue weighted by Gasteiger charge is 2.71. The van der Waals surface area contributed by atoms with Crippen molar-refractivity contribution in [3.63, 3.8) is 0 Å². The number of aromatic nitrogens is 4. The van der Waals surface area contributed by atoms with Crippen molar-refractivity contribution in [3.8, 4) is 34.5 Å². The molecule has 5 heteroatoms. The Morgan fingerprint density at radius 1 is 0.562 bits per heavy atom. The summed E-state index contributed by atoms with van der Waals surface area (Å²) in [7, 11) is 0. The molecule has 12 rings (SSSR count). The number of hydrogen-bond acceptors (Lipinski definition) is 1. The maximum atomic E-state index is 7.12. The molecule has 8 heterocycles. The van der Waals surface area contributed by atoms with Crippen LogP contribution in [0.2, 0.25) is 0 Å². The smallest absolute Gasteiger partial charge is 0.378 e. The van der Waals surface area contributed by atoms with Crippen molar-refractivity contribution in [1.82, 2.24) is 9.13 Å². The molecule has 0 saturated carbocycles. The maximum Gasteiger partial charge on any atom is 0.378 e. The van der Waals surface area contributed by atoms with Gasteiger partial charge in [0.15, 0.2) is 11.3 Å². The third-order valence-electron chi connectivity index (χ3n) is 11.7. The lowest BCUT2D eigenvalue weighted by atomic mass is 9.81. The molecule has 8 aromatic rings. The predicted octanol–water partition coefficient (Wildman–Crippen LogP) is 9.06. The Kier molecular flexibility index (Phi) is 4.00. The second-order valence-corrected chi connectivity index (χ2v) is 16.3. The van der Waals surface area contributed by atoms with Crippen LogP contribution < -0.4 is 13.9 Å². The average molecular weight is 623 g/mol. The van der Waals surface area contributed by atoms with E-state index >= 15 is 0 Å². The van der Waals surface area contributed by atoms with Crippen LogP contribution in [0.5, 0.6) is 11.6 Å². The SMILES string of the molecule is CC(C)(C)c1cc2[n+]3c(c1)-c1cc(C(C)(C)C)cc4[n+]1C31c3c(ccc5c6ccccc6n(c35)-c3ccc5c6ccccc6n-4c5c31)O2. The van der Waals surface area contributed by atoms with E-state index in [-0.39, 0.29) is 10.8 Å². The third-order valence-corrected chi connectivity index (χ3v) is 11.7. The van der Waals surface area contributed by atoms with Crippen molar-refractivity contribution < 1.29 is 13.9 Å². The number of fused-ring (bicyclic) bond motifs is 9. The molecule has 230 valence electrons. The van der Waals surface area contributed by atoms with E-state index in [9.17, 15) is 0 Å². The molecule has 0 amide bonds. The molecule has 4 aromatic heterocycles. The minimum Gasteiger partial charge on any atom is -0.404 e. The zero-order chi connectivity index (χ0) is 32.2. The fourth-order valence-electron chi connectivity index (χ4n) is 9.62. The molecule has 0 N–H and O–H groups in total. The van der Waals surface area contributed by atoms with E-state index in [2.05, 4.69) is 157 Å². The standard InChI is InChI=1S/C43H34N4O/c1-41(2,3)23-19-32-33-20-24(42(4,5)6)22-36-47(33)43-37-31(44-29-13-9-7-11-25(29)28-16-18-34(48-36)38(43)40(28)44)17-15-27-26-12-8-10-14-30(26)45(39(27)37)35(21-23)46(32)43/h7-22H,1-6H3/q+2. The van der Waals surface area contributed by atoms with Crippen molar-refractivity contribution in [2.75, 3.05) is 0 Å². The van der Waals surface area contributed by atoms with Crippen LogP contribution in [-0.4, -0.2) is 9.13 Å². The lowest BCUT2D eigenvalue weighted by Crippen LogP contribution is -2.75. The molecule has 5 nitrogen and oxygen atoms in total. The Bertz CT molecular complexity index is 2890. The summed E-state index contributed by atoms with van der Waals surface area (Å²) < 4.78 is 17.4. The normalized spacial score (nSPS) is 17.6. The van der Waals surface area contributed by atoms with Gasteiger partial charge in [-0.05, 0) is 70.5 Å². The summed E-state index contributed by atoms with van der Waals surface area (Å²) in [4.78, 5) is 0. The largest absolute Gasteiger partial charge is 0.404 e. The van der Waals surface area contributed by atoms with Crippen LogP contribution in [0.3, 0.4) is 0 Å². The van der Waals surface area contributed by atoms with E-state index in [1.54, 1.807) is 0 Å². The van der Waals surface area contributed by atoms with Crippen LogP contribution in [-0.2, 0) is 16.5 Å². The summed E-state index contributed by atoms with van der Waals surface area (Å²) in [6.45, 7) is 13.9. The van der Waals surface area contributed by atoms with Crippen molar-refractivity contribution in [3.05, 3.63) is 119 Å². The first-order chi connectivity index (χ1) is 23.1. The number of hydrogen-bond donors (Lipinski definition) is 0. The first-order valence-corrected chi connectivity index (χ1v) is 17.1. The summed E-state index contributed by atoms with van der Waals surface area (Å²) in [5, 5.41) is 5.10. The molecule has 4 aromatic carbocycles. The molecule has 0 saturated heterocycles. The van der Waals surface area contributed by atoms with Crippen molar-refractivity contribution >= 4 is 43.6 Å². The molecule has 4 aliphatic heterocycles. The van der Waals surface area contributed by atoms with E-state index in [1.807, 2.05) is 0 Å². The van der Waals surface area contributed by atoms with E-state index in [0.29, 0.717) is 0 Å². The fourth-order valence-corrected chi connectivity index (χ4v) is 9.62. The van der Waals surface area contributed by atoms with E-state index < -0.39 is 5.66 Å². The summed E-state index contributed by atoms with van der Waals surface area (Å²) in [6.07, 6.45) is 0. The van der Waals surface area contributed by atoms with Gasteiger partial charge in [-0.25, -0.2) is 0 Å². The Hall–Kier alpha value is -5.42. The Morgan fingerprint density at radius 2 is 1.15 bits per heavy atom. The van der Waals surface area contributed by atoms with Crippen LogP contribution in [0.4, 0.5) is 0 Å². The van der Waals surface area contributed by atoms with Crippen LogP contribution >= 0.6 is 0 Å². The van der Waals surface area contributed by atoms with E-state index in [1.165, 1.54) is 88.8 Å². The monoisotopic (exact) mass is 622 g/mol. The second-order valence-electron chi connectivity index (χ2n) is 16.3. The van der Waals surface area contributed by atoms with E-state index in [4.69, 9.17) is 4.74 Å². The topological polar surface area (TPSA) is 26.8 Å². The number of ether oxygens (including phenoxy) is 1. The zero-order valence-corrected chi connectivity index (χ0v) is 27.9. The summed E-state index contributed by atoms with van der Waals surface area (Å²) in [5.74, 6) is 3.03. The molecule has 0 aliphatic carbocycles. The van der Waals surface area contributed by atoms with Crippen LogP contribution in [0.15, 0.2) is 97.1 Å². The summed E-state index contributed by atoms with van der Waals surface area (Å²) >= 11 is 0. The first-order valence-electron chi connectivity index (χ1n) is 17.1. The van der Waals surface area contributed by atoms with Gasteiger partial charge < -0.3 is 9.30 Å². The van der Waals surface area contributed by atoms with Crippen LogP contribution in [0.25, 0.3) is 66.5 Å². The maximum absolute atomic E-state index is 7.12.